The summed E-state index contributed by atoms with van der Waals surface area (Å²) in [7, 11) is 0. The van der Waals surface area contributed by atoms with Crippen molar-refractivity contribution in [3.8, 4) is 17.2 Å². The molecule has 0 radical (unpaired) electrons. The predicted molar refractivity (Wildman–Crippen MR) is 323 cm³/mol. The molecule has 32 heteroatoms. The summed E-state index contributed by atoms with van der Waals surface area (Å²) in [5.74, 6) is -11.2. The van der Waals surface area contributed by atoms with Crippen LogP contribution in [-0.2, 0) is 32.9 Å². The molecule has 0 heterocycles. The van der Waals surface area contributed by atoms with E-state index in [9.17, 15) is 91.0 Å². The molecule has 0 aromatic heterocycles. The number of anilines is 2. The fourth-order valence-electron chi connectivity index (χ4n) is 7.89. The number of aromatic carboxylic acids is 2. The molecule has 16 nitrogen and oxygen atoms in total. The molecule has 96 heavy (non-hydrogen) atoms. The van der Waals surface area contributed by atoms with Crippen molar-refractivity contribution in [1.29, 1.82) is 0 Å². The molecule has 0 aliphatic carbocycles. The second-order valence-corrected chi connectivity index (χ2v) is 21.2. The Balaban J connectivity index is 0.000000245. The van der Waals surface area contributed by atoms with Crippen LogP contribution in [0.25, 0.3) is 0 Å². The SMILES string of the molecule is Cc1cc(C(=O)O)ccc1N.Cc1cc(C(=O)O)ccc1NC(=O)COc1ccc(Cl)cc1C(=O)c1cc(F)cc(C(F)(F)F)c1.O=C(Cl)COc1ccc(Cl)cc1C(=O)c1cc(F)cc(C(F)(F)F)c1.O=C(O)COc1ccc(Cl)cc1C(=O)c1cc(F)cc(C(F)(F)F)c1. The van der Waals surface area contributed by atoms with E-state index >= 15 is 0 Å². The van der Waals surface area contributed by atoms with Crippen LogP contribution in [0, 0.1) is 31.3 Å². The molecule has 6 N–H and O–H groups in total. The van der Waals surface area contributed by atoms with E-state index in [4.69, 9.17) is 81.7 Å². The second-order valence-electron chi connectivity index (χ2n) is 19.5. The Labute approximate surface area is 553 Å². The largest absolute Gasteiger partial charge is 0.484 e. The number of alkyl halides is 9. The monoisotopic (exact) mass is 1430 g/mol. The molecule has 8 aromatic rings. The molecule has 1 amide bonds. The van der Waals surface area contributed by atoms with Gasteiger partial charge in [0.25, 0.3) is 11.1 Å². The van der Waals surface area contributed by atoms with E-state index < -0.39 is 136 Å². The van der Waals surface area contributed by atoms with Gasteiger partial charge in [-0.1, -0.05) is 34.8 Å². The van der Waals surface area contributed by atoms with E-state index in [0.717, 1.165) is 23.8 Å². The second kappa shape index (κ2) is 32.8. The Morgan fingerprint density at radius 1 is 0.427 bits per heavy atom. The zero-order valence-corrected chi connectivity index (χ0v) is 51.5. The van der Waals surface area contributed by atoms with Gasteiger partial charge in [-0.05, 0) is 182 Å². The van der Waals surface area contributed by atoms with Gasteiger partial charge in [0.15, 0.2) is 37.2 Å². The Morgan fingerprint density at radius 3 is 1.07 bits per heavy atom. The molecule has 0 aliphatic heterocycles. The number of ketones is 3. The number of ether oxygens (including phenoxy) is 3. The van der Waals surface area contributed by atoms with Gasteiger partial charge in [0.1, 0.15) is 34.7 Å². The zero-order chi connectivity index (χ0) is 71.9. The van der Waals surface area contributed by atoms with Crippen molar-refractivity contribution in [3.05, 3.63) is 250 Å². The summed E-state index contributed by atoms with van der Waals surface area (Å²) in [4.78, 5) is 93.0. The van der Waals surface area contributed by atoms with Crippen LogP contribution in [0.3, 0.4) is 0 Å². The number of benzene rings is 8. The Kier molecular flexibility index (Phi) is 26.2. The molecule has 8 rings (SSSR count). The lowest BCUT2D eigenvalue weighted by Gasteiger charge is -2.14. The Hall–Kier alpha value is -10.2. The number of carboxylic acid groups (broad SMARTS) is 3. The van der Waals surface area contributed by atoms with Crippen LogP contribution in [-0.4, -0.2) is 81.5 Å². The van der Waals surface area contributed by atoms with Crippen LogP contribution in [0.2, 0.25) is 15.1 Å². The number of carboxylic acids is 3. The van der Waals surface area contributed by atoms with Crippen LogP contribution >= 0.6 is 46.4 Å². The molecule has 0 bridgehead atoms. The first-order valence-corrected chi connectivity index (χ1v) is 27.8. The standard InChI is InChI=1S/C24H16ClF4NO5.C16H8Cl2F4O3.C16H9ClF4O4.C8H9NO2/c1-12-6-13(23(33)34)2-4-19(12)30-21(31)11-35-20-5-3-16(25)10-18(20)22(32)14-7-15(24(27,28)29)9-17(26)8-14;17-10-1-2-13(25-7-14(18)23)12(6-10)15(24)8-3-9(16(20,21)22)5-11(19)4-8;17-10-1-2-13(25-7-14(22)23)12(6-10)15(24)8-3-9(16(19,20)21)5-11(18)4-8;1-5-4-6(8(10)11)2-3-7(5)9/h2-10H,11H2,1H3,(H,30,31)(H,33,34);1-6H,7H2;1-6H,7H2,(H,22,23);2-4H,9H2,1H3,(H,10,11). The Bertz CT molecular complexity index is 4180. The number of carbonyl (C=O) groups is 8. The van der Waals surface area contributed by atoms with Crippen molar-refractivity contribution in [1.82, 2.24) is 0 Å². The van der Waals surface area contributed by atoms with Crippen LogP contribution in [0.5, 0.6) is 17.2 Å². The van der Waals surface area contributed by atoms with Gasteiger partial charge in [-0.2, -0.15) is 39.5 Å². The van der Waals surface area contributed by atoms with Crippen molar-refractivity contribution < 1.29 is 121 Å². The Morgan fingerprint density at radius 2 is 0.760 bits per heavy atom. The van der Waals surface area contributed by atoms with Crippen molar-refractivity contribution >= 4 is 104 Å². The molecule has 0 unspecified atom stereocenters. The van der Waals surface area contributed by atoms with Crippen molar-refractivity contribution in [2.24, 2.45) is 0 Å². The van der Waals surface area contributed by atoms with Gasteiger partial charge in [0.05, 0.1) is 44.5 Å². The summed E-state index contributed by atoms with van der Waals surface area (Å²) in [5, 5.41) is 28.1. The maximum absolute atomic E-state index is 13.8. The molecule has 0 spiro atoms. The van der Waals surface area contributed by atoms with Crippen LogP contribution < -0.4 is 25.3 Å². The number of aliphatic carboxylic acids is 1. The minimum absolute atomic E-state index is 0.0343. The number of aryl methyl sites for hydroxylation is 2. The smallest absolute Gasteiger partial charge is 0.416 e. The summed E-state index contributed by atoms with van der Waals surface area (Å²) >= 11 is 22.6. The van der Waals surface area contributed by atoms with E-state index in [1.54, 1.807) is 26.0 Å². The molecule has 8 aromatic carbocycles. The number of hydrogen-bond donors (Lipinski definition) is 5. The van der Waals surface area contributed by atoms with Crippen LogP contribution in [0.4, 0.5) is 64.1 Å². The van der Waals surface area contributed by atoms with Gasteiger partial charge >= 0.3 is 36.4 Å². The molecule has 504 valence electrons. The number of nitrogens with two attached hydrogens (primary N) is 1. The van der Waals surface area contributed by atoms with E-state index in [1.807, 2.05) is 0 Å². The van der Waals surface area contributed by atoms with Gasteiger partial charge in [-0.15, -0.1) is 0 Å². The highest BCUT2D eigenvalue weighted by atomic mass is 35.5. The molecule has 0 saturated heterocycles. The summed E-state index contributed by atoms with van der Waals surface area (Å²) in [6, 6.07) is 24.0. The van der Waals surface area contributed by atoms with Crippen LogP contribution in [0.1, 0.15) is 96.3 Å². The van der Waals surface area contributed by atoms with Crippen molar-refractivity contribution in [2.75, 3.05) is 30.9 Å². The molecule has 0 atom stereocenters. The minimum atomic E-state index is -4.87. The highest BCUT2D eigenvalue weighted by molar-refractivity contribution is 6.64. The van der Waals surface area contributed by atoms with E-state index in [-0.39, 0.29) is 78.3 Å². The molecular formula is C64H42Cl4F12N2O14. The summed E-state index contributed by atoms with van der Waals surface area (Å²) < 4.78 is 172. The maximum atomic E-state index is 13.8. The molecular weight excluding hydrogens is 1390 g/mol. The number of rotatable bonds is 18. The first kappa shape index (κ1) is 76.6. The van der Waals surface area contributed by atoms with E-state index in [2.05, 4.69) is 5.32 Å². The third-order valence-electron chi connectivity index (χ3n) is 12.3. The number of halogens is 16. The topological polar surface area (TPSA) is 263 Å². The average molecular weight is 1430 g/mol. The lowest BCUT2D eigenvalue weighted by Crippen LogP contribution is -2.21. The normalized spacial score (nSPS) is 11.0. The summed E-state index contributed by atoms with van der Waals surface area (Å²) in [6.07, 6.45) is -14.5. The third-order valence-corrected chi connectivity index (χ3v) is 13.2. The van der Waals surface area contributed by atoms with Gasteiger partial charge < -0.3 is 40.6 Å². The maximum Gasteiger partial charge on any atom is 0.416 e. The summed E-state index contributed by atoms with van der Waals surface area (Å²) in [6.45, 7) is 1.42. The van der Waals surface area contributed by atoms with Crippen molar-refractivity contribution in [2.45, 2.75) is 32.4 Å². The van der Waals surface area contributed by atoms with E-state index in [1.165, 1.54) is 60.7 Å². The summed E-state index contributed by atoms with van der Waals surface area (Å²) in [5.41, 5.74) is 1.56. The first-order chi connectivity index (χ1) is 44.6. The quantitative estimate of drug-likeness (QED) is 0.0231. The number of amides is 1. The van der Waals surface area contributed by atoms with E-state index in [0.29, 0.717) is 53.3 Å². The molecule has 0 aliphatic rings. The average Bonchev–Trinajstić information content (AvgIpc) is 0.826. The number of carbonyl (C=O) groups excluding carboxylic acids is 5. The van der Waals surface area contributed by atoms with Gasteiger partial charge in [0, 0.05) is 43.1 Å². The number of nitrogens with one attached hydrogen (secondary N) is 1. The number of nitrogen functional groups attached to an aromatic ring is 1. The van der Waals surface area contributed by atoms with Gasteiger partial charge in [0.2, 0.25) is 0 Å². The predicted octanol–water partition coefficient (Wildman–Crippen LogP) is 16.1. The fraction of sp³-hybridized carbons (Fsp3) is 0.125. The molecule has 0 fully saturated rings. The first-order valence-electron chi connectivity index (χ1n) is 26.3. The number of hydrogen-bond acceptors (Lipinski definition) is 12. The lowest BCUT2D eigenvalue weighted by atomic mass is 10.00. The minimum Gasteiger partial charge on any atom is -0.484 e. The van der Waals surface area contributed by atoms with Gasteiger partial charge in [-0.25, -0.2) is 27.6 Å². The lowest BCUT2D eigenvalue weighted by molar-refractivity contribution is -0.139. The molecule has 0 saturated carbocycles. The van der Waals surface area contributed by atoms with Gasteiger partial charge in [-0.3, -0.25) is 24.0 Å². The highest BCUT2D eigenvalue weighted by Gasteiger charge is 2.35. The van der Waals surface area contributed by atoms with Crippen LogP contribution in [0.15, 0.2) is 146 Å². The third kappa shape index (κ3) is 22.5. The zero-order valence-electron chi connectivity index (χ0n) is 48.4. The fourth-order valence-corrected chi connectivity index (χ4v) is 8.46. The highest BCUT2D eigenvalue weighted by Crippen LogP contribution is 2.36. The van der Waals surface area contributed by atoms with Crippen molar-refractivity contribution in [3.63, 3.8) is 0 Å².